The van der Waals surface area contributed by atoms with E-state index in [2.05, 4.69) is 20.7 Å². The van der Waals surface area contributed by atoms with Gasteiger partial charge in [0.2, 0.25) is 0 Å². The van der Waals surface area contributed by atoms with Gasteiger partial charge in [0.1, 0.15) is 4.21 Å². The zero-order valence-electron chi connectivity index (χ0n) is 9.93. The summed E-state index contributed by atoms with van der Waals surface area (Å²) in [5, 5.41) is 8.94. The summed E-state index contributed by atoms with van der Waals surface area (Å²) in [7, 11) is -3.65. The fourth-order valence-corrected chi connectivity index (χ4v) is 4.90. The molecular formula is C12H8BrClN2O2S2. The van der Waals surface area contributed by atoms with Crippen LogP contribution in [0.4, 0.5) is 5.69 Å². The first kappa shape index (κ1) is 15.3. The van der Waals surface area contributed by atoms with Crippen LogP contribution in [-0.4, -0.2) is 8.42 Å². The molecule has 0 amide bonds. The molecule has 1 N–H and O–H groups in total. The molecule has 0 saturated heterocycles. The van der Waals surface area contributed by atoms with Crippen LogP contribution in [0.15, 0.2) is 38.3 Å². The van der Waals surface area contributed by atoms with Crippen molar-refractivity contribution in [3.05, 3.63) is 44.7 Å². The van der Waals surface area contributed by atoms with Crippen LogP contribution in [0.1, 0.15) is 5.56 Å². The Hall–Kier alpha value is -1.07. The van der Waals surface area contributed by atoms with Crippen molar-refractivity contribution in [1.29, 1.82) is 5.26 Å². The van der Waals surface area contributed by atoms with E-state index >= 15 is 0 Å². The van der Waals surface area contributed by atoms with Gasteiger partial charge in [-0.05, 0) is 39.7 Å². The molecule has 104 valence electrons. The Morgan fingerprint density at radius 3 is 2.50 bits per heavy atom. The largest absolute Gasteiger partial charge is 0.279 e. The fraction of sp³-hybridized carbons (Fsp3) is 0.0833. The molecule has 1 aromatic carbocycles. The average Bonchev–Trinajstić information content (AvgIpc) is 2.73. The summed E-state index contributed by atoms with van der Waals surface area (Å²) in [5.41, 5.74) is 1.27. The number of hydrogen-bond acceptors (Lipinski definition) is 4. The summed E-state index contributed by atoms with van der Waals surface area (Å²) < 4.78 is 27.5. The summed E-state index contributed by atoms with van der Waals surface area (Å²) in [6, 6.07) is 10.1. The van der Waals surface area contributed by atoms with Crippen LogP contribution in [0.3, 0.4) is 0 Å². The molecule has 0 fully saturated rings. The fourth-order valence-electron chi connectivity index (χ4n) is 1.45. The zero-order chi connectivity index (χ0) is 14.8. The van der Waals surface area contributed by atoms with E-state index in [-0.39, 0.29) is 4.21 Å². The summed E-state index contributed by atoms with van der Waals surface area (Å²) in [5.74, 6) is 0. The molecule has 0 unspecified atom stereocenters. The van der Waals surface area contributed by atoms with Gasteiger partial charge in [0.25, 0.3) is 10.0 Å². The van der Waals surface area contributed by atoms with Crippen LogP contribution < -0.4 is 4.72 Å². The van der Waals surface area contributed by atoms with Crippen molar-refractivity contribution in [2.75, 3.05) is 4.72 Å². The van der Waals surface area contributed by atoms with Gasteiger partial charge < -0.3 is 0 Å². The van der Waals surface area contributed by atoms with Crippen LogP contribution in [0.2, 0.25) is 5.02 Å². The predicted molar refractivity (Wildman–Crippen MR) is 83.6 cm³/mol. The Kier molecular flexibility index (Phi) is 4.70. The lowest BCUT2D eigenvalue weighted by Crippen LogP contribution is -2.11. The molecule has 0 radical (unpaired) electrons. The van der Waals surface area contributed by atoms with Crippen LogP contribution in [-0.2, 0) is 16.4 Å². The number of nitrogens with one attached hydrogen (secondary N) is 1. The van der Waals surface area contributed by atoms with Crippen molar-refractivity contribution in [2.24, 2.45) is 0 Å². The molecular weight excluding hydrogens is 384 g/mol. The lowest BCUT2D eigenvalue weighted by atomic mass is 10.1. The minimum absolute atomic E-state index is 0.135. The first-order valence-electron chi connectivity index (χ1n) is 5.36. The van der Waals surface area contributed by atoms with Gasteiger partial charge in [-0.1, -0.05) is 23.7 Å². The van der Waals surface area contributed by atoms with Gasteiger partial charge in [-0.15, -0.1) is 11.3 Å². The van der Waals surface area contributed by atoms with Gasteiger partial charge in [0.15, 0.2) is 0 Å². The van der Waals surface area contributed by atoms with Gasteiger partial charge >= 0.3 is 0 Å². The number of nitrogens with zero attached hydrogens (tertiary/aromatic N) is 1. The van der Waals surface area contributed by atoms with Gasteiger partial charge in [0, 0.05) is 5.69 Å². The van der Waals surface area contributed by atoms with E-state index in [0.717, 1.165) is 16.9 Å². The summed E-state index contributed by atoms with van der Waals surface area (Å²) in [6.07, 6.45) is 0.292. The maximum absolute atomic E-state index is 12.1. The molecule has 1 aromatic heterocycles. The number of anilines is 1. The highest BCUT2D eigenvalue weighted by Crippen LogP contribution is 2.35. The summed E-state index contributed by atoms with van der Waals surface area (Å²) in [6.45, 7) is 0. The quantitative estimate of drug-likeness (QED) is 0.855. The molecule has 0 aliphatic rings. The first-order chi connectivity index (χ1) is 9.42. The smallest absolute Gasteiger partial charge is 0.271 e. The van der Waals surface area contributed by atoms with E-state index in [1.807, 2.05) is 6.07 Å². The zero-order valence-corrected chi connectivity index (χ0v) is 13.9. The molecule has 2 rings (SSSR count). The Labute approximate surface area is 134 Å². The lowest BCUT2D eigenvalue weighted by Gasteiger charge is -2.06. The molecule has 0 saturated carbocycles. The van der Waals surface area contributed by atoms with E-state index < -0.39 is 10.0 Å². The van der Waals surface area contributed by atoms with Crippen molar-refractivity contribution < 1.29 is 8.42 Å². The predicted octanol–water partition coefficient (Wildman–Crippen LogP) is 4.03. The Bertz CT molecular complexity index is 744. The second-order valence-corrected chi connectivity index (χ2v) is 8.51. The molecule has 1 heterocycles. The molecule has 8 heteroatoms. The minimum atomic E-state index is -3.65. The number of nitriles is 1. The van der Waals surface area contributed by atoms with E-state index in [1.54, 1.807) is 24.3 Å². The number of halogens is 2. The molecule has 0 spiro atoms. The third kappa shape index (κ3) is 3.52. The van der Waals surface area contributed by atoms with Crippen LogP contribution in [0, 0.1) is 11.3 Å². The minimum Gasteiger partial charge on any atom is -0.279 e. The number of thiophene rings is 1. The van der Waals surface area contributed by atoms with Crippen LogP contribution in [0.5, 0.6) is 0 Å². The molecule has 0 aliphatic heterocycles. The second-order valence-electron chi connectivity index (χ2n) is 3.82. The van der Waals surface area contributed by atoms with E-state index in [9.17, 15) is 8.42 Å². The van der Waals surface area contributed by atoms with Crippen molar-refractivity contribution >= 4 is 54.6 Å². The monoisotopic (exact) mass is 390 g/mol. The number of hydrogen-bond donors (Lipinski definition) is 1. The van der Waals surface area contributed by atoms with Crippen molar-refractivity contribution in [1.82, 2.24) is 0 Å². The third-order valence-electron chi connectivity index (χ3n) is 2.38. The van der Waals surface area contributed by atoms with Crippen molar-refractivity contribution in [3.8, 4) is 6.07 Å². The van der Waals surface area contributed by atoms with E-state index in [4.69, 9.17) is 16.9 Å². The maximum atomic E-state index is 12.1. The topological polar surface area (TPSA) is 70.0 Å². The van der Waals surface area contributed by atoms with Crippen LogP contribution in [0.25, 0.3) is 0 Å². The summed E-state index contributed by atoms with van der Waals surface area (Å²) >= 11 is 10.1. The standard InChI is InChI=1S/C12H8BrClN2O2S2/c13-12-10(14)7-11(19-12)20(17,18)16-9-3-1-8(2-4-9)5-6-15/h1-4,7,16H,5H2. The second kappa shape index (κ2) is 6.14. The average molecular weight is 392 g/mol. The first-order valence-corrected chi connectivity index (χ1v) is 8.83. The van der Waals surface area contributed by atoms with E-state index in [1.165, 1.54) is 6.07 Å². The maximum Gasteiger partial charge on any atom is 0.271 e. The Balaban J connectivity index is 2.22. The van der Waals surface area contributed by atoms with Gasteiger partial charge in [0.05, 0.1) is 21.3 Å². The van der Waals surface area contributed by atoms with Gasteiger partial charge in [-0.25, -0.2) is 8.42 Å². The highest BCUT2D eigenvalue weighted by Gasteiger charge is 2.19. The number of rotatable bonds is 4. The van der Waals surface area contributed by atoms with Crippen LogP contribution >= 0.6 is 38.9 Å². The number of benzene rings is 1. The van der Waals surface area contributed by atoms with Gasteiger partial charge in [-0.3, -0.25) is 4.72 Å². The third-order valence-corrected chi connectivity index (χ3v) is 6.71. The molecule has 2 aromatic rings. The Morgan fingerprint density at radius 1 is 1.35 bits per heavy atom. The number of sulfonamides is 1. The molecule has 0 atom stereocenters. The Morgan fingerprint density at radius 2 is 2.00 bits per heavy atom. The summed E-state index contributed by atoms with van der Waals surface area (Å²) in [4.78, 5) is 0. The SMILES string of the molecule is N#CCc1ccc(NS(=O)(=O)c2cc(Cl)c(Br)s2)cc1. The highest BCUT2D eigenvalue weighted by atomic mass is 79.9. The molecule has 0 bridgehead atoms. The molecule has 4 nitrogen and oxygen atoms in total. The van der Waals surface area contributed by atoms with Crippen molar-refractivity contribution in [2.45, 2.75) is 10.6 Å². The van der Waals surface area contributed by atoms with Gasteiger partial charge in [-0.2, -0.15) is 5.26 Å². The van der Waals surface area contributed by atoms with Crippen molar-refractivity contribution in [3.63, 3.8) is 0 Å². The normalized spacial score (nSPS) is 11.1. The highest BCUT2D eigenvalue weighted by molar-refractivity contribution is 9.11. The molecule has 0 aliphatic carbocycles. The molecule has 20 heavy (non-hydrogen) atoms. The lowest BCUT2D eigenvalue weighted by molar-refractivity contribution is 0.603. The van der Waals surface area contributed by atoms with E-state index in [0.29, 0.717) is 20.9 Å².